The molecule has 3 rings (SSSR count). The van der Waals surface area contributed by atoms with Gasteiger partial charge in [0.2, 0.25) is 0 Å². The van der Waals surface area contributed by atoms with Gasteiger partial charge in [0, 0.05) is 0 Å². The predicted octanol–water partition coefficient (Wildman–Crippen LogP) is 3.29. The first-order chi connectivity index (χ1) is 8.79. The van der Waals surface area contributed by atoms with Crippen LogP contribution in [0.4, 0.5) is 0 Å². The van der Waals surface area contributed by atoms with Crippen molar-refractivity contribution in [1.82, 2.24) is 0 Å². The lowest BCUT2D eigenvalue weighted by Crippen LogP contribution is -2.55. The molecule has 1 aliphatic rings. The zero-order chi connectivity index (χ0) is 12.4. The minimum atomic E-state index is -1.50. The Labute approximate surface area is 111 Å². The van der Waals surface area contributed by atoms with Gasteiger partial charge in [-0.25, -0.2) is 0 Å². The van der Waals surface area contributed by atoms with Crippen molar-refractivity contribution in [1.29, 1.82) is 0 Å². The third-order valence-electron chi connectivity index (χ3n) is 4.22. The van der Waals surface area contributed by atoms with Crippen LogP contribution >= 0.6 is 0 Å². The topological polar surface area (TPSA) is 0 Å². The molecule has 0 spiro atoms. The van der Waals surface area contributed by atoms with E-state index in [2.05, 4.69) is 67.2 Å². The van der Waals surface area contributed by atoms with Gasteiger partial charge in [-0.05, 0) is 12.0 Å². The van der Waals surface area contributed by atoms with E-state index < -0.39 is 8.07 Å². The van der Waals surface area contributed by atoms with Crippen LogP contribution < -0.4 is 10.4 Å². The molecule has 2 aromatic carbocycles. The molecule has 0 radical (unpaired) electrons. The van der Waals surface area contributed by atoms with Gasteiger partial charge in [-0.1, -0.05) is 90.4 Å². The highest BCUT2D eigenvalue weighted by molar-refractivity contribution is 7.01. The minimum Gasteiger partial charge on any atom is -0.0626 e. The maximum atomic E-state index is 2.54. The average molecular weight is 252 g/mol. The standard InChI is InChI=1S/C17H20Si/c1-18(14-15-12-13-15,16-8-4-2-5-9-16)17-10-6-3-7-11-17/h2-11,15H,12-14H2,1H3. The van der Waals surface area contributed by atoms with Crippen molar-refractivity contribution in [3.05, 3.63) is 60.7 Å². The molecule has 1 heteroatoms. The van der Waals surface area contributed by atoms with Gasteiger partial charge in [-0.15, -0.1) is 0 Å². The molecular formula is C17H20Si. The molecule has 0 aromatic heterocycles. The zero-order valence-corrected chi connectivity index (χ0v) is 12.0. The molecule has 1 saturated carbocycles. The van der Waals surface area contributed by atoms with E-state index >= 15 is 0 Å². The highest BCUT2D eigenvalue weighted by Crippen LogP contribution is 2.36. The number of hydrogen-bond donors (Lipinski definition) is 0. The largest absolute Gasteiger partial charge is 0.115 e. The molecule has 0 nitrogen and oxygen atoms in total. The normalized spacial score (nSPS) is 15.6. The van der Waals surface area contributed by atoms with E-state index in [4.69, 9.17) is 0 Å². The van der Waals surface area contributed by atoms with Gasteiger partial charge < -0.3 is 0 Å². The molecule has 0 atom stereocenters. The van der Waals surface area contributed by atoms with E-state index in [1.165, 1.54) is 18.9 Å². The average Bonchev–Trinajstić information content (AvgIpc) is 3.24. The van der Waals surface area contributed by atoms with Gasteiger partial charge in [0.05, 0.1) is 0 Å². The van der Waals surface area contributed by atoms with Crippen LogP contribution in [0.3, 0.4) is 0 Å². The SMILES string of the molecule is C[Si](CC1CC1)(c1ccccc1)c1ccccc1. The third kappa shape index (κ3) is 2.28. The van der Waals surface area contributed by atoms with Crippen molar-refractivity contribution < 1.29 is 0 Å². The molecule has 0 heterocycles. The van der Waals surface area contributed by atoms with Crippen LogP contribution in [0.5, 0.6) is 0 Å². The molecule has 1 fully saturated rings. The van der Waals surface area contributed by atoms with Crippen molar-refractivity contribution in [2.45, 2.75) is 25.4 Å². The molecule has 0 N–H and O–H groups in total. The van der Waals surface area contributed by atoms with Gasteiger partial charge in [-0.2, -0.15) is 0 Å². The highest BCUT2D eigenvalue weighted by Gasteiger charge is 2.37. The quantitative estimate of drug-likeness (QED) is 0.733. The lowest BCUT2D eigenvalue weighted by atomic mass is 10.4. The Morgan fingerprint density at radius 1 is 0.833 bits per heavy atom. The summed E-state index contributed by atoms with van der Waals surface area (Å²) in [5, 5.41) is 3.17. The van der Waals surface area contributed by atoms with Gasteiger partial charge in [-0.3, -0.25) is 0 Å². The van der Waals surface area contributed by atoms with Crippen LogP contribution in [-0.4, -0.2) is 8.07 Å². The second-order valence-electron chi connectivity index (χ2n) is 5.71. The van der Waals surface area contributed by atoms with Gasteiger partial charge in [0.1, 0.15) is 8.07 Å². The molecule has 2 aromatic rings. The molecule has 18 heavy (non-hydrogen) atoms. The lowest BCUT2D eigenvalue weighted by molar-refractivity contribution is 0.956. The molecule has 0 saturated heterocycles. The Hall–Kier alpha value is -1.34. The Morgan fingerprint density at radius 3 is 1.67 bits per heavy atom. The first-order valence-corrected chi connectivity index (χ1v) is 9.61. The molecule has 0 bridgehead atoms. The molecule has 92 valence electrons. The van der Waals surface area contributed by atoms with Crippen LogP contribution in [0.25, 0.3) is 0 Å². The molecule has 1 aliphatic carbocycles. The highest BCUT2D eigenvalue weighted by atomic mass is 28.3. The van der Waals surface area contributed by atoms with Crippen molar-refractivity contribution in [3.8, 4) is 0 Å². The van der Waals surface area contributed by atoms with E-state index in [1.807, 2.05) is 0 Å². The lowest BCUT2D eigenvalue weighted by Gasteiger charge is -2.28. The second-order valence-corrected chi connectivity index (χ2v) is 9.94. The fourth-order valence-corrected chi connectivity index (χ4v) is 7.14. The monoisotopic (exact) mass is 252 g/mol. The van der Waals surface area contributed by atoms with Crippen molar-refractivity contribution >= 4 is 18.4 Å². The zero-order valence-electron chi connectivity index (χ0n) is 11.0. The van der Waals surface area contributed by atoms with E-state index in [0.717, 1.165) is 5.92 Å². The van der Waals surface area contributed by atoms with Crippen LogP contribution in [-0.2, 0) is 0 Å². The Kier molecular flexibility index (Phi) is 3.08. The van der Waals surface area contributed by atoms with Crippen LogP contribution in [0.2, 0.25) is 12.6 Å². The molecular weight excluding hydrogens is 232 g/mol. The summed E-state index contributed by atoms with van der Waals surface area (Å²) in [5.74, 6) is 0.988. The Morgan fingerprint density at radius 2 is 1.28 bits per heavy atom. The molecule has 0 aliphatic heterocycles. The Bertz CT molecular complexity index is 460. The number of hydrogen-bond acceptors (Lipinski definition) is 0. The maximum Gasteiger partial charge on any atom is 0.115 e. The van der Waals surface area contributed by atoms with Crippen LogP contribution in [0.1, 0.15) is 12.8 Å². The van der Waals surface area contributed by atoms with E-state index in [0.29, 0.717) is 0 Å². The predicted molar refractivity (Wildman–Crippen MR) is 81.3 cm³/mol. The Balaban J connectivity index is 2.03. The van der Waals surface area contributed by atoms with E-state index in [9.17, 15) is 0 Å². The summed E-state index contributed by atoms with van der Waals surface area (Å²) in [4.78, 5) is 0. The van der Waals surface area contributed by atoms with Crippen LogP contribution in [0.15, 0.2) is 60.7 Å². The summed E-state index contributed by atoms with van der Waals surface area (Å²) in [6, 6.07) is 23.8. The van der Waals surface area contributed by atoms with Crippen molar-refractivity contribution in [2.24, 2.45) is 5.92 Å². The summed E-state index contributed by atoms with van der Waals surface area (Å²) < 4.78 is 0. The van der Waals surface area contributed by atoms with E-state index in [-0.39, 0.29) is 0 Å². The summed E-state index contributed by atoms with van der Waals surface area (Å²) in [7, 11) is -1.50. The van der Waals surface area contributed by atoms with Gasteiger partial charge >= 0.3 is 0 Å². The fourth-order valence-electron chi connectivity index (χ4n) is 2.91. The molecule has 0 amide bonds. The fraction of sp³-hybridized carbons (Fsp3) is 0.294. The number of benzene rings is 2. The van der Waals surface area contributed by atoms with Gasteiger partial charge in [0.15, 0.2) is 0 Å². The summed E-state index contributed by atoms with van der Waals surface area (Å²) in [6.07, 6.45) is 2.89. The summed E-state index contributed by atoms with van der Waals surface area (Å²) >= 11 is 0. The first kappa shape index (κ1) is 11.7. The van der Waals surface area contributed by atoms with Crippen molar-refractivity contribution in [3.63, 3.8) is 0 Å². The van der Waals surface area contributed by atoms with E-state index in [1.54, 1.807) is 10.4 Å². The summed E-state index contributed by atoms with van der Waals surface area (Å²) in [6.45, 7) is 2.54. The smallest absolute Gasteiger partial charge is 0.0626 e. The molecule has 0 unspecified atom stereocenters. The first-order valence-electron chi connectivity index (χ1n) is 6.90. The van der Waals surface area contributed by atoms with Crippen molar-refractivity contribution in [2.75, 3.05) is 0 Å². The third-order valence-corrected chi connectivity index (χ3v) is 8.82. The van der Waals surface area contributed by atoms with Gasteiger partial charge in [0.25, 0.3) is 0 Å². The number of rotatable bonds is 4. The second kappa shape index (κ2) is 4.73. The van der Waals surface area contributed by atoms with Crippen LogP contribution in [0, 0.1) is 5.92 Å². The summed E-state index contributed by atoms with van der Waals surface area (Å²) in [5.41, 5.74) is 0. The minimum absolute atomic E-state index is 0.988. The maximum absolute atomic E-state index is 2.54.